The SMILES string of the molecule is C=C(COC)c1ncc(C(=O)OC)nc1Oc1ccccc1. The molecule has 6 nitrogen and oxygen atoms in total. The maximum absolute atomic E-state index is 11.6. The average Bonchev–Trinajstić information content (AvgIpc) is 2.55. The highest BCUT2D eigenvalue weighted by atomic mass is 16.5. The van der Waals surface area contributed by atoms with Gasteiger partial charge < -0.3 is 14.2 Å². The fraction of sp³-hybridized carbons (Fsp3) is 0.188. The predicted molar refractivity (Wildman–Crippen MR) is 80.8 cm³/mol. The maximum Gasteiger partial charge on any atom is 0.358 e. The van der Waals surface area contributed by atoms with Crippen molar-refractivity contribution in [1.29, 1.82) is 0 Å². The van der Waals surface area contributed by atoms with E-state index < -0.39 is 5.97 Å². The van der Waals surface area contributed by atoms with Gasteiger partial charge in [-0.15, -0.1) is 0 Å². The molecule has 0 unspecified atom stereocenters. The zero-order valence-electron chi connectivity index (χ0n) is 12.4. The molecule has 0 saturated heterocycles. The smallest absolute Gasteiger partial charge is 0.358 e. The number of nitrogens with zero attached hydrogens (tertiary/aromatic N) is 2. The molecule has 2 rings (SSSR count). The van der Waals surface area contributed by atoms with E-state index in [1.54, 1.807) is 19.2 Å². The van der Waals surface area contributed by atoms with Gasteiger partial charge in [-0.2, -0.15) is 0 Å². The van der Waals surface area contributed by atoms with Crippen molar-refractivity contribution in [2.75, 3.05) is 20.8 Å². The van der Waals surface area contributed by atoms with Crippen LogP contribution in [0.1, 0.15) is 16.2 Å². The number of ether oxygens (including phenoxy) is 3. The minimum absolute atomic E-state index is 0.0578. The highest BCUT2D eigenvalue weighted by Gasteiger charge is 2.17. The second kappa shape index (κ2) is 7.33. The van der Waals surface area contributed by atoms with Gasteiger partial charge in [0.1, 0.15) is 11.4 Å². The Hall–Kier alpha value is -2.73. The molecule has 0 amide bonds. The third kappa shape index (κ3) is 3.67. The molecule has 0 aliphatic carbocycles. The lowest BCUT2D eigenvalue weighted by molar-refractivity contribution is 0.0592. The Morgan fingerprint density at radius 2 is 1.95 bits per heavy atom. The minimum atomic E-state index is -0.589. The molecular formula is C16H16N2O4. The Balaban J connectivity index is 2.40. The van der Waals surface area contributed by atoms with Crippen LogP contribution in [0.2, 0.25) is 0 Å². The van der Waals surface area contributed by atoms with E-state index in [2.05, 4.69) is 21.3 Å². The van der Waals surface area contributed by atoms with Crippen LogP contribution in [0, 0.1) is 0 Å². The van der Waals surface area contributed by atoms with Gasteiger partial charge in [0.05, 0.1) is 19.9 Å². The molecule has 1 aromatic heterocycles. The van der Waals surface area contributed by atoms with E-state index in [-0.39, 0.29) is 18.2 Å². The molecule has 0 fully saturated rings. The average molecular weight is 300 g/mol. The van der Waals surface area contributed by atoms with Gasteiger partial charge in [0.25, 0.3) is 0 Å². The number of carbonyl (C=O) groups excluding carboxylic acids is 1. The Morgan fingerprint density at radius 3 is 2.59 bits per heavy atom. The number of benzene rings is 1. The molecule has 0 aliphatic rings. The second-order valence-corrected chi connectivity index (χ2v) is 4.35. The van der Waals surface area contributed by atoms with Crippen LogP contribution in [-0.2, 0) is 9.47 Å². The van der Waals surface area contributed by atoms with E-state index in [1.807, 2.05) is 18.2 Å². The van der Waals surface area contributed by atoms with Crippen molar-refractivity contribution in [1.82, 2.24) is 9.97 Å². The zero-order chi connectivity index (χ0) is 15.9. The Labute approximate surface area is 128 Å². The maximum atomic E-state index is 11.6. The molecule has 6 heteroatoms. The summed E-state index contributed by atoms with van der Waals surface area (Å²) >= 11 is 0. The second-order valence-electron chi connectivity index (χ2n) is 4.35. The van der Waals surface area contributed by atoms with Crippen LogP contribution in [0.25, 0.3) is 5.57 Å². The molecular weight excluding hydrogens is 284 g/mol. The normalized spacial score (nSPS) is 10.1. The summed E-state index contributed by atoms with van der Waals surface area (Å²) in [6.07, 6.45) is 1.32. The first kappa shape index (κ1) is 15.7. The summed E-state index contributed by atoms with van der Waals surface area (Å²) in [6, 6.07) is 9.08. The predicted octanol–water partition coefficient (Wildman–Crippen LogP) is 2.72. The molecule has 0 saturated carbocycles. The number of esters is 1. The van der Waals surface area contributed by atoms with Gasteiger partial charge >= 0.3 is 5.97 Å². The van der Waals surface area contributed by atoms with Gasteiger partial charge in [0.2, 0.25) is 5.88 Å². The first-order valence-corrected chi connectivity index (χ1v) is 6.51. The first-order valence-electron chi connectivity index (χ1n) is 6.51. The lowest BCUT2D eigenvalue weighted by Gasteiger charge is -2.11. The summed E-state index contributed by atoms with van der Waals surface area (Å²) in [5.74, 6) is 0.163. The minimum Gasteiger partial charge on any atom is -0.464 e. The van der Waals surface area contributed by atoms with Crippen molar-refractivity contribution in [2.45, 2.75) is 0 Å². The van der Waals surface area contributed by atoms with E-state index in [9.17, 15) is 4.79 Å². The largest absolute Gasteiger partial charge is 0.464 e. The van der Waals surface area contributed by atoms with Crippen LogP contribution >= 0.6 is 0 Å². The molecule has 0 spiro atoms. The van der Waals surface area contributed by atoms with Gasteiger partial charge in [-0.3, -0.25) is 0 Å². The van der Waals surface area contributed by atoms with Crippen molar-refractivity contribution in [3.05, 3.63) is 54.5 Å². The molecule has 22 heavy (non-hydrogen) atoms. The van der Waals surface area contributed by atoms with Crippen molar-refractivity contribution >= 4 is 11.5 Å². The summed E-state index contributed by atoms with van der Waals surface area (Å²) in [5.41, 5.74) is 1.08. The molecule has 0 radical (unpaired) electrons. The van der Waals surface area contributed by atoms with Crippen molar-refractivity contribution in [3.8, 4) is 11.6 Å². The van der Waals surface area contributed by atoms with E-state index >= 15 is 0 Å². The molecule has 0 bridgehead atoms. The quantitative estimate of drug-likeness (QED) is 0.764. The highest BCUT2D eigenvalue weighted by molar-refractivity contribution is 5.87. The summed E-state index contributed by atoms with van der Waals surface area (Å²) in [4.78, 5) is 20.0. The molecule has 2 aromatic rings. The molecule has 1 aromatic carbocycles. The monoisotopic (exact) mass is 300 g/mol. The molecule has 114 valence electrons. The lowest BCUT2D eigenvalue weighted by atomic mass is 10.2. The van der Waals surface area contributed by atoms with Crippen LogP contribution in [0.5, 0.6) is 11.6 Å². The van der Waals surface area contributed by atoms with Gasteiger partial charge in [-0.05, 0) is 12.1 Å². The van der Waals surface area contributed by atoms with Crippen LogP contribution in [0.4, 0.5) is 0 Å². The zero-order valence-corrected chi connectivity index (χ0v) is 12.4. The third-order valence-electron chi connectivity index (χ3n) is 2.75. The van der Waals surface area contributed by atoms with Gasteiger partial charge in [-0.25, -0.2) is 14.8 Å². The number of aromatic nitrogens is 2. The number of carbonyl (C=O) groups is 1. The van der Waals surface area contributed by atoms with Crippen LogP contribution in [-0.4, -0.2) is 36.8 Å². The van der Waals surface area contributed by atoms with Crippen LogP contribution < -0.4 is 4.74 Å². The van der Waals surface area contributed by atoms with Crippen LogP contribution in [0.15, 0.2) is 43.1 Å². The topological polar surface area (TPSA) is 70.5 Å². The van der Waals surface area contributed by atoms with E-state index in [1.165, 1.54) is 13.3 Å². The summed E-state index contributed by atoms with van der Waals surface area (Å²) in [7, 11) is 2.83. The summed E-state index contributed by atoms with van der Waals surface area (Å²) in [5, 5.41) is 0. The van der Waals surface area contributed by atoms with Crippen molar-refractivity contribution in [3.63, 3.8) is 0 Å². The summed E-state index contributed by atoms with van der Waals surface area (Å²) in [6.45, 7) is 4.16. The number of hydrogen-bond acceptors (Lipinski definition) is 6. The standard InChI is InChI=1S/C16H16N2O4/c1-11(10-20-2)14-15(22-12-7-5-4-6-8-12)18-13(9-17-14)16(19)21-3/h4-9H,1,10H2,2-3H3. The van der Waals surface area contributed by atoms with Gasteiger partial charge in [0, 0.05) is 12.7 Å². The van der Waals surface area contributed by atoms with Gasteiger partial charge in [0.15, 0.2) is 5.69 Å². The Bertz CT molecular complexity index is 671. The van der Waals surface area contributed by atoms with E-state index in [0.717, 1.165) is 0 Å². The Morgan fingerprint density at radius 1 is 1.23 bits per heavy atom. The van der Waals surface area contributed by atoms with Crippen molar-refractivity contribution in [2.24, 2.45) is 0 Å². The van der Waals surface area contributed by atoms with Crippen molar-refractivity contribution < 1.29 is 19.0 Å². The number of hydrogen-bond donors (Lipinski definition) is 0. The van der Waals surface area contributed by atoms with Gasteiger partial charge in [-0.1, -0.05) is 24.8 Å². The summed E-state index contributed by atoms with van der Waals surface area (Å²) < 4.78 is 15.4. The van der Waals surface area contributed by atoms with Crippen LogP contribution in [0.3, 0.4) is 0 Å². The first-order chi connectivity index (χ1) is 10.7. The Kier molecular flexibility index (Phi) is 5.21. The molecule has 0 atom stereocenters. The lowest BCUT2D eigenvalue weighted by Crippen LogP contribution is -2.09. The molecule has 1 heterocycles. The fourth-order valence-electron chi connectivity index (χ4n) is 1.73. The van der Waals surface area contributed by atoms with E-state index in [0.29, 0.717) is 17.0 Å². The third-order valence-corrected chi connectivity index (χ3v) is 2.75. The van der Waals surface area contributed by atoms with E-state index in [4.69, 9.17) is 9.47 Å². The molecule has 0 aliphatic heterocycles. The number of para-hydroxylation sites is 1. The highest BCUT2D eigenvalue weighted by Crippen LogP contribution is 2.26. The fourth-order valence-corrected chi connectivity index (χ4v) is 1.73. The number of rotatable bonds is 6. The molecule has 0 N–H and O–H groups in total. The number of methoxy groups -OCH3 is 2.